The van der Waals surface area contributed by atoms with Gasteiger partial charge in [0.2, 0.25) is 5.95 Å². The Labute approximate surface area is 349 Å². The summed E-state index contributed by atoms with van der Waals surface area (Å²) >= 11 is 0. The van der Waals surface area contributed by atoms with E-state index in [0.29, 0.717) is 5.95 Å². The lowest BCUT2D eigenvalue weighted by molar-refractivity contribution is 0.590. The molecule has 0 aliphatic heterocycles. The van der Waals surface area contributed by atoms with Crippen molar-refractivity contribution in [2.24, 2.45) is 0 Å². The number of hydrogen-bond acceptors (Lipinski definition) is 2. The van der Waals surface area contributed by atoms with Crippen LogP contribution in [0.5, 0.6) is 0 Å². The highest BCUT2D eigenvalue weighted by atomic mass is 15.2. The fourth-order valence-electron chi connectivity index (χ4n) is 8.87. The van der Waals surface area contributed by atoms with E-state index in [2.05, 4.69) is 218 Å². The Kier molecular flexibility index (Phi) is 8.35. The van der Waals surface area contributed by atoms with Gasteiger partial charge in [-0.25, -0.2) is 9.97 Å². The Balaban J connectivity index is 0.982. The van der Waals surface area contributed by atoms with Gasteiger partial charge in [-0.3, -0.25) is 4.57 Å². The van der Waals surface area contributed by atoms with Crippen LogP contribution in [-0.4, -0.2) is 19.1 Å². The normalized spacial score (nSPS) is 11.9. The van der Waals surface area contributed by atoms with Crippen LogP contribution in [0.3, 0.4) is 0 Å². The second kappa shape index (κ2) is 14.1. The SMILES string of the molecule is CC(C)(C)c1ccc(-n2c3ccccc3c3ccc(-c4ccc5c(c4)c4ccccc4n5-c4nccc(-c5cccc(-c6ccc(-c7ccccc7)cc6)c5)n4)cc32)cc1. The molecule has 11 aromatic rings. The molecule has 0 saturated carbocycles. The first-order valence-corrected chi connectivity index (χ1v) is 20.6. The molecule has 11 rings (SSSR count). The average Bonchev–Trinajstić information content (AvgIpc) is 3.81. The lowest BCUT2D eigenvalue weighted by Crippen LogP contribution is -2.10. The second-order valence-electron chi connectivity index (χ2n) is 16.7. The van der Waals surface area contributed by atoms with Crippen molar-refractivity contribution in [2.45, 2.75) is 26.2 Å². The molecule has 0 spiro atoms. The van der Waals surface area contributed by atoms with Crippen LogP contribution in [-0.2, 0) is 5.41 Å². The van der Waals surface area contributed by atoms with Gasteiger partial charge in [0.05, 0.1) is 27.8 Å². The summed E-state index contributed by atoms with van der Waals surface area (Å²) in [6.45, 7) is 6.79. The van der Waals surface area contributed by atoms with E-state index in [4.69, 9.17) is 9.97 Å². The van der Waals surface area contributed by atoms with Crippen molar-refractivity contribution in [3.8, 4) is 56.3 Å². The predicted octanol–water partition coefficient (Wildman–Crippen LogP) is 14.6. The third-order valence-corrected chi connectivity index (χ3v) is 12.0. The molecule has 0 fully saturated rings. The Hall–Kier alpha value is -7.56. The Morgan fingerprint density at radius 2 is 0.900 bits per heavy atom. The van der Waals surface area contributed by atoms with Crippen LogP contribution in [0.15, 0.2) is 200 Å². The zero-order valence-corrected chi connectivity index (χ0v) is 33.8. The van der Waals surface area contributed by atoms with Gasteiger partial charge >= 0.3 is 0 Å². The average molecular weight is 771 g/mol. The van der Waals surface area contributed by atoms with E-state index in [1.807, 2.05) is 12.3 Å². The highest BCUT2D eigenvalue weighted by molar-refractivity contribution is 6.12. The van der Waals surface area contributed by atoms with E-state index < -0.39 is 0 Å². The van der Waals surface area contributed by atoms with Crippen LogP contribution in [0.1, 0.15) is 26.3 Å². The minimum absolute atomic E-state index is 0.0896. The number of para-hydroxylation sites is 2. The summed E-state index contributed by atoms with van der Waals surface area (Å²) in [5.41, 5.74) is 16.1. The molecule has 0 aliphatic carbocycles. The molecule has 60 heavy (non-hydrogen) atoms. The number of fused-ring (bicyclic) bond motifs is 6. The lowest BCUT2D eigenvalue weighted by atomic mass is 9.87. The van der Waals surface area contributed by atoms with Crippen LogP contribution in [0.25, 0.3) is 99.9 Å². The van der Waals surface area contributed by atoms with Crippen molar-refractivity contribution in [3.63, 3.8) is 0 Å². The van der Waals surface area contributed by atoms with E-state index in [9.17, 15) is 0 Å². The number of benzene rings is 8. The summed E-state index contributed by atoms with van der Waals surface area (Å²) in [7, 11) is 0. The maximum atomic E-state index is 5.22. The van der Waals surface area contributed by atoms with E-state index in [1.54, 1.807) is 0 Å². The summed E-state index contributed by atoms with van der Waals surface area (Å²) in [6, 6.07) is 70.0. The topological polar surface area (TPSA) is 35.6 Å². The van der Waals surface area contributed by atoms with Crippen molar-refractivity contribution in [1.82, 2.24) is 19.1 Å². The third kappa shape index (κ3) is 6.08. The Morgan fingerprint density at radius 1 is 0.367 bits per heavy atom. The Bertz CT molecular complexity index is 3380. The molecule has 3 heterocycles. The van der Waals surface area contributed by atoms with Crippen LogP contribution < -0.4 is 0 Å². The van der Waals surface area contributed by atoms with Gasteiger partial charge in [0.25, 0.3) is 0 Å². The quantitative estimate of drug-likeness (QED) is 0.169. The minimum Gasteiger partial charge on any atom is -0.309 e. The highest BCUT2D eigenvalue weighted by Crippen LogP contribution is 2.39. The van der Waals surface area contributed by atoms with Crippen molar-refractivity contribution < 1.29 is 0 Å². The summed E-state index contributed by atoms with van der Waals surface area (Å²) in [5.74, 6) is 0.646. The van der Waals surface area contributed by atoms with Gasteiger partial charge < -0.3 is 4.57 Å². The second-order valence-corrected chi connectivity index (χ2v) is 16.7. The van der Waals surface area contributed by atoms with E-state index in [-0.39, 0.29) is 5.41 Å². The standard InChI is InChI=1S/C56H42N4/c1-56(2,3)44-26-28-45(29-27-44)59-51-18-9-7-16-46(51)48-30-24-42(36-54(48)59)41-25-31-53-49(35-41)47-17-8-10-19-52(47)60(53)55-57-33-32-50(58-55)43-15-11-14-40(34-43)39-22-20-38(21-23-39)37-12-5-4-6-13-37/h4-36H,1-3H3. The van der Waals surface area contributed by atoms with Gasteiger partial charge in [0, 0.05) is 39.0 Å². The fraction of sp³-hybridized carbons (Fsp3) is 0.0714. The van der Waals surface area contributed by atoms with Gasteiger partial charge in [-0.1, -0.05) is 160 Å². The van der Waals surface area contributed by atoms with Crippen molar-refractivity contribution in [3.05, 3.63) is 206 Å². The molecule has 286 valence electrons. The highest BCUT2D eigenvalue weighted by Gasteiger charge is 2.19. The predicted molar refractivity (Wildman–Crippen MR) is 251 cm³/mol. The molecule has 4 nitrogen and oxygen atoms in total. The molecule has 0 bridgehead atoms. The van der Waals surface area contributed by atoms with Crippen LogP contribution in [0, 0.1) is 0 Å². The number of nitrogens with zero attached hydrogens (tertiary/aromatic N) is 4. The third-order valence-electron chi connectivity index (χ3n) is 12.0. The first-order valence-electron chi connectivity index (χ1n) is 20.6. The van der Waals surface area contributed by atoms with Crippen molar-refractivity contribution >= 4 is 43.6 Å². The van der Waals surface area contributed by atoms with Crippen LogP contribution in [0.2, 0.25) is 0 Å². The summed E-state index contributed by atoms with van der Waals surface area (Å²) in [5, 5.41) is 4.83. The summed E-state index contributed by atoms with van der Waals surface area (Å²) in [4.78, 5) is 10.1. The van der Waals surface area contributed by atoms with E-state index >= 15 is 0 Å². The largest absolute Gasteiger partial charge is 0.309 e. The molecule has 4 heteroatoms. The van der Waals surface area contributed by atoms with Gasteiger partial charge in [-0.15, -0.1) is 0 Å². The maximum absolute atomic E-state index is 5.22. The molecule has 0 radical (unpaired) electrons. The summed E-state index contributed by atoms with van der Waals surface area (Å²) in [6.07, 6.45) is 1.87. The number of aromatic nitrogens is 4. The number of rotatable bonds is 6. The van der Waals surface area contributed by atoms with E-state index in [0.717, 1.165) is 44.5 Å². The zero-order valence-electron chi connectivity index (χ0n) is 33.8. The molecule has 0 atom stereocenters. The molecule has 0 amide bonds. The summed E-state index contributed by atoms with van der Waals surface area (Å²) < 4.78 is 4.61. The molecule has 0 aliphatic rings. The smallest absolute Gasteiger partial charge is 0.235 e. The maximum Gasteiger partial charge on any atom is 0.235 e. The minimum atomic E-state index is 0.0896. The molecule has 8 aromatic carbocycles. The zero-order chi connectivity index (χ0) is 40.4. The molecular formula is C56H42N4. The number of hydrogen-bond donors (Lipinski definition) is 0. The fourth-order valence-corrected chi connectivity index (χ4v) is 8.87. The van der Waals surface area contributed by atoms with Gasteiger partial charge in [0.1, 0.15) is 0 Å². The Morgan fingerprint density at radius 3 is 1.65 bits per heavy atom. The molecule has 0 saturated heterocycles. The van der Waals surface area contributed by atoms with Gasteiger partial charge in [-0.05, 0) is 99.0 Å². The lowest BCUT2D eigenvalue weighted by Gasteiger charge is -2.19. The van der Waals surface area contributed by atoms with Crippen molar-refractivity contribution in [2.75, 3.05) is 0 Å². The van der Waals surface area contributed by atoms with Gasteiger partial charge in [-0.2, -0.15) is 0 Å². The van der Waals surface area contributed by atoms with E-state index in [1.165, 1.54) is 55.0 Å². The molecule has 0 N–H and O–H groups in total. The monoisotopic (exact) mass is 770 g/mol. The van der Waals surface area contributed by atoms with Gasteiger partial charge in [0.15, 0.2) is 0 Å². The molecule has 3 aromatic heterocycles. The molecule has 0 unspecified atom stereocenters. The van der Waals surface area contributed by atoms with Crippen LogP contribution in [0.4, 0.5) is 0 Å². The first-order chi connectivity index (χ1) is 29.4. The van der Waals surface area contributed by atoms with Crippen LogP contribution >= 0.6 is 0 Å². The van der Waals surface area contributed by atoms with Crippen molar-refractivity contribution in [1.29, 1.82) is 0 Å². The first kappa shape index (κ1) is 35.6. The molecular weight excluding hydrogens is 729 g/mol.